The third kappa shape index (κ3) is 1.33. The first-order chi connectivity index (χ1) is 7.56. The molecule has 3 fully saturated rings. The molecule has 3 rings (SSSR count). The molecule has 4 unspecified atom stereocenters. The van der Waals surface area contributed by atoms with Gasteiger partial charge in [-0.05, 0) is 31.6 Å². The Bertz CT molecular complexity index is 452. The Labute approximate surface area is 95.5 Å². The molecule has 0 amide bonds. The highest BCUT2D eigenvalue weighted by Gasteiger charge is 2.58. The van der Waals surface area contributed by atoms with E-state index in [1.165, 1.54) is 0 Å². The summed E-state index contributed by atoms with van der Waals surface area (Å²) in [4.78, 5) is 0. The van der Waals surface area contributed by atoms with E-state index in [0.29, 0.717) is 6.42 Å². The average Bonchev–Trinajstić information content (AvgIpc) is 2.90. The minimum absolute atomic E-state index is 0.00204. The van der Waals surface area contributed by atoms with Crippen molar-refractivity contribution < 1.29 is 13.2 Å². The second kappa shape index (κ2) is 3.21. The van der Waals surface area contributed by atoms with Gasteiger partial charge in [0.15, 0.2) is 9.84 Å². The highest BCUT2D eigenvalue weighted by Crippen LogP contribution is 2.54. The number of hydrogen-bond donors (Lipinski definition) is 0. The third-order valence-corrected chi connectivity index (χ3v) is 6.18. The molecule has 3 aliphatic heterocycles. The van der Waals surface area contributed by atoms with E-state index in [4.69, 9.17) is 4.74 Å². The molecular formula is C11H15NO3S. The van der Waals surface area contributed by atoms with Gasteiger partial charge in [0, 0.05) is 0 Å². The average molecular weight is 241 g/mol. The molecule has 3 saturated heterocycles. The Balaban J connectivity index is 1.91. The molecule has 0 radical (unpaired) electrons. The smallest absolute Gasteiger partial charge is 0.150 e. The van der Waals surface area contributed by atoms with Crippen molar-refractivity contribution >= 4 is 9.84 Å². The van der Waals surface area contributed by atoms with Crippen LogP contribution in [0.2, 0.25) is 0 Å². The number of ether oxygens (including phenoxy) is 1. The van der Waals surface area contributed by atoms with Crippen molar-refractivity contribution in [3.05, 3.63) is 0 Å². The molecule has 88 valence electrons. The molecule has 0 spiro atoms. The van der Waals surface area contributed by atoms with Gasteiger partial charge in [-0.3, -0.25) is 0 Å². The summed E-state index contributed by atoms with van der Waals surface area (Å²) >= 11 is 0. The van der Waals surface area contributed by atoms with Crippen LogP contribution in [0.15, 0.2) is 0 Å². The maximum atomic E-state index is 11.5. The van der Waals surface area contributed by atoms with Gasteiger partial charge in [0.2, 0.25) is 0 Å². The standard InChI is InChI=1S/C11H15NO3S/c12-7-11(5-9-1-2-10(11)15-9)8-3-4-16(13,14)6-8/h8-10H,1-6H2. The first kappa shape index (κ1) is 10.5. The normalized spacial score (nSPS) is 49.3. The zero-order valence-corrected chi connectivity index (χ0v) is 9.87. The largest absolute Gasteiger partial charge is 0.373 e. The van der Waals surface area contributed by atoms with Gasteiger partial charge in [-0.25, -0.2) is 8.42 Å². The molecule has 2 bridgehead atoms. The topological polar surface area (TPSA) is 67.2 Å². The molecule has 4 atom stereocenters. The highest BCUT2D eigenvalue weighted by atomic mass is 32.2. The number of hydrogen-bond acceptors (Lipinski definition) is 4. The monoisotopic (exact) mass is 241 g/mol. The van der Waals surface area contributed by atoms with Gasteiger partial charge in [-0.1, -0.05) is 0 Å². The zero-order chi connectivity index (χ0) is 11.4. The van der Waals surface area contributed by atoms with Crippen LogP contribution in [0, 0.1) is 22.7 Å². The quantitative estimate of drug-likeness (QED) is 0.683. The number of fused-ring (bicyclic) bond motifs is 2. The predicted molar refractivity (Wildman–Crippen MR) is 57.3 cm³/mol. The van der Waals surface area contributed by atoms with Crippen LogP contribution < -0.4 is 0 Å². The molecule has 0 saturated carbocycles. The van der Waals surface area contributed by atoms with E-state index in [2.05, 4.69) is 6.07 Å². The summed E-state index contributed by atoms with van der Waals surface area (Å²) in [5.74, 6) is 0.434. The summed E-state index contributed by atoms with van der Waals surface area (Å²) in [5.41, 5.74) is -0.507. The Morgan fingerprint density at radius 1 is 1.31 bits per heavy atom. The fourth-order valence-corrected chi connectivity index (χ4v) is 5.47. The van der Waals surface area contributed by atoms with E-state index in [-0.39, 0.29) is 29.6 Å². The lowest BCUT2D eigenvalue weighted by molar-refractivity contribution is 0.0622. The van der Waals surface area contributed by atoms with Crippen molar-refractivity contribution in [1.82, 2.24) is 0 Å². The van der Waals surface area contributed by atoms with Crippen molar-refractivity contribution in [3.8, 4) is 6.07 Å². The highest BCUT2D eigenvalue weighted by molar-refractivity contribution is 7.91. The van der Waals surface area contributed by atoms with Crippen LogP contribution in [0.1, 0.15) is 25.7 Å². The zero-order valence-electron chi connectivity index (χ0n) is 9.05. The molecule has 5 heteroatoms. The summed E-state index contributed by atoms with van der Waals surface area (Å²) in [7, 11) is -2.90. The first-order valence-electron chi connectivity index (χ1n) is 5.83. The summed E-state index contributed by atoms with van der Waals surface area (Å²) in [5, 5.41) is 9.44. The van der Waals surface area contributed by atoms with Gasteiger partial charge in [0.25, 0.3) is 0 Å². The maximum absolute atomic E-state index is 11.5. The second-order valence-corrected chi connectivity index (χ2v) is 7.51. The van der Waals surface area contributed by atoms with Crippen LogP contribution in [0.5, 0.6) is 0 Å². The SMILES string of the molecule is N#CC1(C2CCS(=O)(=O)C2)CC2CCC1O2. The lowest BCUT2D eigenvalue weighted by Crippen LogP contribution is -2.39. The Morgan fingerprint density at radius 2 is 2.12 bits per heavy atom. The number of rotatable bonds is 1. The van der Waals surface area contributed by atoms with Crippen molar-refractivity contribution in [2.24, 2.45) is 11.3 Å². The Hall–Kier alpha value is -0.600. The van der Waals surface area contributed by atoms with E-state index in [1.807, 2.05) is 0 Å². The molecule has 0 aliphatic carbocycles. The fourth-order valence-electron chi connectivity index (χ4n) is 3.58. The summed E-state index contributed by atoms with van der Waals surface area (Å²) in [6, 6.07) is 2.40. The van der Waals surface area contributed by atoms with Crippen LogP contribution in [0.3, 0.4) is 0 Å². The molecular weight excluding hydrogens is 226 g/mol. The minimum atomic E-state index is -2.90. The molecule has 4 nitrogen and oxygen atoms in total. The maximum Gasteiger partial charge on any atom is 0.150 e. The van der Waals surface area contributed by atoms with Crippen LogP contribution in [0.25, 0.3) is 0 Å². The summed E-state index contributed by atoms with van der Waals surface area (Å²) in [6.07, 6.45) is 3.54. The lowest BCUT2D eigenvalue weighted by Gasteiger charge is -2.33. The van der Waals surface area contributed by atoms with Crippen molar-refractivity contribution in [2.75, 3.05) is 11.5 Å². The number of sulfone groups is 1. The van der Waals surface area contributed by atoms with Crippen molar-refractivity contribution in [1.29, 1.82) is 5.26 Å². The molecule has 0 aromatic rings. The predicted octanol–water partition coefficient (Wildman–Crippen LogP) is 0.882. The van der Waals surface area contributed by atoms with Gasteiger partial charge in [0.05, 0.1) is 35.2 Å². The van der Waals surface area contributed by atoms with Crippen LogP contribution in [0.4, 0.5) is 0 Å². The molecule has 0 aromatic carbocycles. The summed E-state index contributed by atoms with van der Waals surface area (Å²) in [6.45, 7) is 0. The van der Waals surface area contributed by atoms with Gasteiger partial charge >= 0.3 is 0 Å². The van der Waals surface area contributed by atoms with E-state index >= 15 is 0 Å². The second-order valence-electron chi connectivity index (χ2n) is 5.28. The first-order valence-corrected chi connectivity index (χ1v) is 7.65. The van der Waals surface area contributed by atoms with Crippen LogP contribution in [-0.4, -0.2) is 32.1 Å². The lowest BCUT2D eigenvalue weighted by atomic mass is 9.66. The van der Waals surface area contributed by atoms with Crippen molar-refractivity contribution in [3.63, 3.8) is 0 Å². The van der Waals surface area contributed by atoms with E-state index < -0.39 is 15.3 Å². The molecule has 0 aromatic heterocycles. The van der Waals surface area contributed by atoms with E-state index in [1.54, 1.807) is 0 Å². The van der Waals surface area contributed by atoms with Crippen molar-refractivity contribution in [2.45, 2.75) is 37.9 Å². The van der Waals surface area contributed by atoms with Crippen LogP contribution in [-0.2, 0) is 14.6 Å². The van der Waals surface area contributed by atoms with Crippen LogP contribution >= 0.6 is 0 Å². The minimum Gasteiger partial charge on any atom is -0.373 e. The number of nitrogens with zero attached hydrogens (tertiary/aromatic N) is 1. The fraction of sp³-hybridized carbons (Fsp3) is 0.909. The number of nitriles is 1. The summed E-state index contributed by atoms with van der Waals surface area (Å²) < 4.78 is 28.8. The molecule has 3 heterocycles. The van der Waals surface area contributed by atoms with Gasteiger partial charge in [-0.15, -0.1) is 0 Å². The van der Waals surface area contributed by atoms with Gasteiger partial charge < -0.3 is 4.74 Å². The van der Waals surface area contributed by atoms with E-state index in [9.17, 15) is 13.7 Å². The molecule has 3 aliphatic rings. The van der Waals surface area contributed by atoms with Gasteiger partial charge in [0.1, 0.15) is 0 Å². The Kier molecular flexibility index (Phi) is 2.11. The van der Waals surface area contributed by atoms with E-state index in [0.717, 1.165) is 19.3 Å². The molecule has 16 heavy (non-hydrogen) atoms. The third-order valence-electron chi connectivity index (χ3n) is 4.42. The molecule has 0 N–H and O–H groups in total. The Morgan fingerprint density at radius 3 is 2.56 bits per heavy atom. The van der Waals surface area contributed by atoms with Gasteiger partial charge in [-0.2, -0.15) is 5.26 Å².